The van der Waals surface area contributed by atoms with Crippen LogP contribution in [0.4, 0.5) is 5.69 Å². The number of methoxy groups -OCH3 is 1. The smallest absolute Gasteiger partial charge is 0.251 e. The van der Waals surface area contributed by atoms with E-state index in [2.05, 4.69) is 5.32 Å². The molecule has 26 heavy (non-hydrogen) atoms. The van der Waals surface area contributed by atoms with Crippen molar-refractivity contribution in [3.63, 3.8) is 0 Å². The maximum atomic E-state index is 12.4. The fourth-order valence-electron chi connectivity index (χ4n) is 3.20. The van der Waals surface area contributed by atoms with Crippen molar-refractivity contribution in [1.82, 2.24) is 5.32 Å². The van der Waals surface area contributed by atoms with Gasteiger partial charge in [-0.05, 0) is 68.0 Å². The molecule has 1 aliphatic rings. The normalized spacial score (nSPS) is 14.2. The van der Waals surface area contributed by atoms with Crippen LogP contribution in [-0.4, -0.2) is 25.7 Å². The molecule has 0 heterocycles. The Morgan fingerprint density at radius 1 is 1.12 bits per heavy atom. The first-order chi connectivity index (χ1) is 12.7. The number of amides is 1. The topological polar surface area (TPSA) is 73.6 Å². The van der Waals surface area contributed by atoms with E-state index in [1.807, 2.05) is 30.3 Å². The first-order valence-corrected chi connectivity index (χ1v) is 9.13. The van der Waals surface area contributed by atoms with Crippen LogP contribution in [0.25, 0.3) is 0 Å². The first-order valence-electron chi connectivity index (χ1n) is 9.13. The number of nitrogen functional groups attached to an aromatic ring is 1. The number of nitrogens with one attached hydrogen (secondary N) is 1. The second-order valence-corrected chi connectivity index (χ2v) is 6.64. The number of hydrogen-bond acceptors (Lipinski definition) is 4. The number of nitrogens with two attached hydrogens (primary N) is 1. The van der Waals surface area contributed by atoms with Crippen LogP contribution in [0.3, 0.4) is 0 Å². The number of anilines is 1. The summed E-state index contributed by atoms with van der Waals surface area (Å²) in [5.74, 6) is 1.19. The van der Waals surface area contributed by atoms with Gasteiger partial charge in [0.1, 0.15) is 0 Å². The van der Waals surface area contributed by atoms with E-state index < -0.39 is 0 Å². The van der Waals surface area contributed by atoms with Crippen LogP contribution in [0.5, 0.6) is 11.5 Å². The molecule has 0 bridgehead atoms. The Kier molecular flexibility index (Phi) is 6.00. The lowest BCUT2D eigenvalue weighted by molar-refractivity contribution is 0.0953. The van der Waals surface area contributed by atoms with Gasteiger partial charge in [-0.3, -0.25) is 4.79 Å². The highest BCUT2D eigenvalue weighted by atomic mass is 16.5. The molecule has 0 aliphatic heterocycles. The minimum Gasteiger partial charge on any atom is -0.493 e. The van der Waals surface area contributed by atoms with Crippen LogP contribution in [0.15, 0.2) is 42.5 Å². The molecule has 1 saturated carbocycles. The predicted octanol–water partition coefficient (Wildman–Crippen LogP) is 3.57. The predicted molar refractivity (Wildman–Crippen MR) is 103 cm³/mol. The van der Waals surface area contributed by atoms with Crippen LogP contribution < -0.4 is 20.5 Å². The number of carbonyl (C=O) groups excluding carboxylic acids is 1. The Labute approximate surface area is 154 Å². The number of benzene rings is 2. The van der Waals surface area contributed by atoms with Crippen LogP contribution in [-0.2, 0) is 6.42 Å². The van der Waals surface area contributed by atoms with Crippen molar-refractivity contribution in [3.05, 3.63) is 53.6 Å². The summed E-state index contributed by atoms with van der Waals surface area (Å²) in [6.07, 6.45) is 5.59. The number of carbonyl (C=O) groups is 1. The minimum atomic E-state index is -0.119. The second kappa shape index (κ2) is 8.61. The van der Waals surface area contributed by atoms with Gasteiger partial charge in [0.05, 0.1) is 13.2 Å². The third kappa shape index (κ3) is 4.69. The zero-order valence-corrected chi connectivity index (χ0v) is 15.2. The van der Waals surface area contributed by atoms with E-state index in [0.29, 0.717) is 23.6 Å². The molecule has 0 atom stereocenters. The van der Waals surface area contributed by atoms with E-state index in [0.717, 1.165) is 30.5 Å². The van der Waals surface area contributed by atoms with Crippen molar-refractivity contribution in [1.29, 1.82) is 0 Å². The SMILES string of the molecule is COc1cc(C(=O)NCCc2ccc(N)cc2)ccc1OC1CCCC1. The van der Waals surface area contributed by atoms with E-state index >= 15 is 0 Å². The largest absolute Gasteiger partial charge is 0.493 e. The van der Waals surface area contributed by atoms with Gasteiger partial charge in [0.2, 0.25) is 0 Å². The maximum Gasteiger partial charge on any atom is 0.251 e. The molecule has 2 aromatic carbocycles. The zero-order valence-electron chi connectivity index (χ0n) is 15.2. The van der Waals surface area contributed by atoms with Gasteiger partial charge in [0.25, 0.3) is 5.91 Å². The molecule has 0 unspecified atom stereocenters. The first kappa shape index (κ1) is 18.1. The third-order valence-electron chi connectivity index (χ3n) is 4.70. The summed E-state index contributed by atoms with van der Waals surface area (Å²) < 4.78 is 11.4. The fourth-order valence-corrected chi connectivity index (χ4v) is 3.20. The Morgan fingerprint density at radius 3 is 2.54 bits per heavy atom. The minimum absolute atomic E-state index is 0.119. The summed E-state index contributed by atoms with van der Waals surface area (Å²) in [5.41, 5.74) is 8.12. The summed E-state index contributed by atoms with van der Waals surface area (Å²) in [5, 5.41) is 2.94. The molecule has 138 valence electrons. The van der Waals surface area contributed by atoms with Gasteiger partial charge >= 0.3 is 0 Å². The van der Waals surface area contributed by atoms with Crippen molar-refractivity contribution in [2.24, 2.45) is 0 Å². The Bertz CT molecular complexity index is 737. The summed E-state index contributed by atoms with van der Waals surface area (Å²) in [6, 6.07) is 13.0. The zero-order chi connectivity index (χ0) is 18.4. The highest BCUT2D eigenvalue weighted by Crippen LogP contribution is 2.32. The summed E-state index contributed by atoms with van der Waals surface area (Å²) in [4.78, 5) is 12.4. The lowest BCUT2D eigenvalue weighted by Crippen LogP contribution is -2.25. The van der Waals surface area contributed by atoms with Crippen molar-refractivity contribution >= 4 is 11.6 Å². The van der Waals surface area contributed by atoms with Crippen LogP contribution in [0.2, 0.25) is 0 Å². The molecule has 1 amide bonds. The van der Waals surface area contributed by atoms with E-state index in [4.69, 9.17) is 15.2 Å². The monoisotopic (exact) mass is 354 g/mol. The molecule has 2 aromatic rings. The number of ether oxygens (including phenoxy) is 2. The molecular weight excluding hydrogens is 328 g/mol. The van der Waals surface area contributed by atoms with Crippen molar-refractivity contribution in [2.45, 2.75) is 38.2 Å². The number of hydrogen-bond donors (Lipinski definition) is 2. The summed E-state index contributed by atoms with van der Waals surface area (Å²) in [6.45, 7) is 0.561. The Morgan fingerprint density at radius 2 is 1.85 bits per heavy atom. The van der Waals surface area contributed by atoms with Crippen LogP contribution in [0.1, 0.15) is 41.6 Å². The standard InChI is InChI=1S/C21H26N2O3/c1-25-20-14-16(8-11-19(20)26-18-4-2-3-5-18)21(24)23-13-12-15-6-9-17(22)10-7-15/h6-11,14,18H,2-5,12-13,22H2,1H3,(H,23,24). The van der Waals surface area contributed by atoms with Crippen molar-refractivity contribution in [2.75, 3.05) is 19.4 Å². The molecular formula is C21H26N2O3. The Balaban J connectivity index is 1.57. The van der Waals surface area contributed by atoms with Crippen LogP contribution in [0, 0.1) is 0 Å². The lowest BCUT2D eigenvalue weighted by atomic mass is 10.1. The van der Waals surface area contributed by atoms with E-state index in [1.165, 1.54) is 12.8 Å². The molecule has 5 nitrogen and oxygen atoms in total. The molecule has 5 heteroatoms. The molecule has 0 radical (unpaired) electrons. The fraction of sp³-hybridized carbons (Fsp3) is 0.381. The Hall–Kier alpha value is -2.69. The van der Waals surface area contributed by atoms with E-state index in [1.54, 1.807) is 19.2 Å². The molecule has 0 saturated heterocycles. The van der Waals surface area contributed by atoms with Gasteiger partial charge in [-0.25, -0.2) is 0 Å². The van der Waals surface area contributed by atoms with Gasteiger partial charge in [-0.15, -0.1) is 0 Å². The molecule has 3 N–H and O–H groups in total. The second-order valence-electron chi connectivity index (χ2n) is 6.64. The third-order valence-corrected chi connectivity index (χ3v) is 4.70. The van der Waals surface area contributed by atoms with Gasteiger partial charge in [0.15, 0.2) is 11.5 Å². The van der Waals surface area contributed by atoms with Crippen LogP contribution >= 0.6 is 0 Å². The van der Waals surface area contributed by atoms with Gasteiger partial charge in [-0.2, -0.15) is 0 Å². The molecule has 0 aromatic heterocycles. The van der Waals surface area contributed by atoms with Crippen molar-refractivity contribution in [3.8, 4) is 11.5 Å². The summed E-state index contributed by atoms with van der Waals surface area (Å²) >= 11 is 0. The van der Waals surface area contributed by atoms with Gasteiger partial charge in [0, 0.05) is 17.8 Å². The maximum absolute atomic E-state index is 12.4. The molecule has 1 fully saturated rings. The van der Waals surface area contributed by atoms with Gasteiger partial charge < -0.3 is 20.5 Å². The average Bonchev–Trinajstić information content (AvgIpc) is 3.16. The summed E-state index contributed by atoms with van der Waals surface area (Å²) in [7, 11) is 1.60. The highest BCUT2D eigenvalue weighted by Gasteiger charge is 2.19. The highest BCUT2D eigenvalue weighted by molar-refractivity contribution is 5.94. The van der Waals surface area contributed by atoms with E-state index in [-0.39, 0.29) is 12.0 Å². The number of rotatable bonds is 7. The quantitative estimate of drug-likeness (QED) is 0.746. The molecule has 0 spiro atoms. The lowest BCUT2D eigenvalue weighted by Gasteiger charge is -2.16. The average molecular weight is 354 g/mol. The molecule has 3 rings (SSSR count). The molecule has 1 aliphatic carbocycles. The van der Waals surface area contributed by atoms with Crippen molar-refractivity contribution < 1.29 is 14.3 Å². The van der Waals surface area contributed by atoms with Gasteiger partial charge in [-0.1, -0.05) is 12.1 Å². The van der Waals surface area contributed by atoms with E-state index in [9.17, 15) is 4.79 Å².